The topological polar surface area (TPSA) is 113 Å². The van der Waals surface area contributed by atoms with E-state index in [0.29, 0.717) is 65.7 Å². The number of carbonyl (C=O) groups excluding carboxylic acids is 2. The summed E-state index contributed by atoms with van der Waals surface area (Å²) in [6.45, 7) is 2.76. The second-order valence-corrected chi connectivity index (χ2v) is 14.2. The summed E-state index contributed by atoms with van der Waals surface area (Å²) in [4.78, 5) is 42.9. The van der Waals surface area contributed by atoms with Crippen molar-refractivity contribution >= 4 is 52.7 Å². The molecule has 254 valence electrons. The van der Waals surface area contributed by atoms with Gasteiger partial charge >= 0.3 is 5.97 Å². The van der Waals surface area contributed by atoms with Crippen LogP contribution in [0.4, 0.5) is 5.69 Å². The van der Waals surface area contributed by atoms with Crippen molar-refractivity contribution in [3.05, 3.63) is 56.8 Å². The third-order valence-corrected chi connectivity index (χ3v) is 11.1. The quantitative estimate of drug-likeness (QED) is 0.342. The Labute approximate surface area is 286 Å². The molecule has 3 heterocycles. The molecular formula is C35H44Cl2N4O6. The van der Waals surface area contributed by atoms with Gasteiger partial charge < -0.3 is 29.4 Å². The molecule has 2 aliphatic carbocycles. The molecular weight excluding hydrogens is 643 g/mol. The number of amides is 2. The summed E-state index contributed by atoms with van der Waals surface area (Å²) >= 11 is 13.4. The molecule has 3 atom stereocenters. The molecule has 0 unspecified atom stereocenters. The average molecular weight is 688 g/mol. The van der Waals surface area contributed by atoms with Crippen molar-refractivity contribution in [1.82, 2.24) is 14.4 Å². The predicted molar refractivity (Wildman–Crippen MR) is 181 cm³/mol. The number of carbonyl (C=O) groups is 3. The Morgan fingerprint density at radius 3 is 2.55 bits per heavy atom. The maximum absolute atomic E-state index is 13.9. The van der Waals surface area contributed by atoms with Crippen molar-refractivity contribution in [2.45, 2.75) is 82.1 Å². The van der Waals surface area contributed by atoms with Crippen LogP contribution in [-0.2, 0) is 39.0 Å². The van der Waals surface area contributed by atoms with E-state index in [2.05, 4.69) is 16.3 Å². The van der Waals surface area contributed by atoms with Crippen LogP contribution >= 0.6 is 23.2 Å². The van der Waals surface area contributed by atoms with Gasteiger partial charge in [-0.1, -0.05) is 35.4 Å². The summed E-state index contributed by atoms with van der Waals surface area (Å²) in [6, 6.07) is 3.38. The Morgan fingerprint density at radius 2 is 1.83 bits per heavy atom. The zero-order valence-corrected chi connectivity index (χ0v) is 28.6. The molecule has 2 N–H and O–H groups in total. The highest BCUT2D eigenvalue weighted by Crippen LogP contribution is 2.34. The number of halogens is 2. The molecule has 6 rings (SSSR count). The second-order valence-electron chi connectivity index (χ2n) is 13.4. The highest BCUT2D eigenvalue weighted by molar-refractivity contribution is 6.36. The molecule has 1 aromatic heterocycles. The lowest BCUT2D eigenvalue weighted by atomic mass is 9.87. The number of allylic oxidation sites excluding steroid dienone is 1. The van der Waals surface area contributed by atoms with E-state index in [1.165, 1.54) is 0 Å². The lowest BCUT2D eigenvalue weighted by molar-refractivity contribution is -0.144. The highest BCUT2D eigenvalue weighted by Gasteiger charge is 2.41. The summed E-state index contributed by atoms with van der Waals surface area (Å²) in [6.07, 6.45) is 12.4. The number of ether oxygens (including phenoxy) is 2. The lowest BCUT2D eigenvalue weighted by Crippen LogP contribution is -2.41. The second kappa shape index (κ2) is 14.7. The molecule has 0 bridgehead atoms. The molecule has 4 aliphatic rings. The van der Waals surface area contributed by atoms with Crippen molar-refractivity contribution in [3.63, 3.8) is 0 Å². The fraction of sp³-hybridized carbons (Fsp3) is 0.571. The van der Waals surface area contributed by atoms with E-state index >= 15 is 0 Å². The summed E-state index contributed by atoms with van der Waals surface area (Å²) in [5, 5.41) is 12.9. The molecule has 0 radical (unpaired) electrons. The van der Waals surface area contributed by atoms with Crippen molar-refractivity contribution in [3.8, 4) is 0 Å². The molecule has 1 saturated carbocycles. The van der Waals surface area contributed by atoms with Crippen LogP contribution in [-0.4, -0.2) is 94.9 Å². The predicted octanol–water partition coefficient (Wildman–Crippen LogP) is 5.44. The number of methoxy groups -OCH3 is 1. The van der Waals surface area contributed by atoms with Crippen LogP contribution in [0.1, 0.15) is 72.1 Å². The monoisotopic (exact) mass is 686 g/mol. The van der Waals surface area contributed by atoms with Gasteiger partial charge in [0.2, 0.25) is 5.91 Å². The van der Waals surface area contributed by atoms with Crippen LogP contribution in [0, 0.1) is 5.92 Å². The number of anilines is 1. The number of hydrogen-bond donors (Lipinski definition) is 2. The molecule has 0 spiro atoms. The molecule has 2 saturated heterocycles. The molecule has 2 aliphatic heterocycles. The fourth-order valence-electron chi connectivity index (χ4n) is 7.68. The number of fused-ring (bicyclic) bond motifs is 1. The van der Waals surface area contributed by atoms with Gasteiger partial charge in [-0.3, -0.25) is 19.3 Å². The van der Waals surface area contributed by atoms with E-state index < -0.39 is 5.97 Å². The van der Waals surface area contributed by atoms with Gasteiger partial charge in [-0.05, 0) is 69.1 Å². The van der Waals surface area contributed by atoms with Crippen molar-refractivity contribution in [1.29, 1.82) is 0 Å². The number of aromatic nitrogens is 1. The highest BCUT2D eigenvalue weighted by atomic mass is 35.5. The average Bonchev–Trinajstić information content (AvgIpc) is 3.80. The largest absolute Gasteiger partial charge is 0.481 e. The summed E-state index contributed by atoms with van der Waals surface area (Å²) < 4.78 is 13.9. The van der Waals surface area contributed by atoms with Gasteiger partial charge in [-0.25, -0.2) is 0 Å². The number of rotatable bonds is 10. The Bertz CT molecular complexity index is 1530. The molecule has 3 fully saturated rings. The number of hydrogen-bond acceptors (Lipinski definition) is 6. The number of nitrogens with zero attached hydrogens (tertiary/aromatic N) is 3. The Kier molecular flexibility index (Phi) is 10.6. The van der Waals surface area contributed by atoms with Gasteiger partial charge in [-0.15, -0.1) is 0 Å². The van der Waals surface area contributed by atoms with E-state index in [4.69, 9.17) is 32.7 Å². The van der Waals surface area contributed by atoms with Crippen LogP contribution in [0.15, 0.2) is 24.4 Å². The standard InChI is InChI=1S/C35H44Cl2N4O6/c1-39-19-28(27-5-3-4-6-32(27)39)34(43)38-31-16-29(36)22(13-30(31)37)14-33(42)41-17-23(40-12-11-26(18-40)46-2)15-24(41)20-47-25-9-7-21(8-10-25)35(44)45/h3,5,13,16,19,21,23-26H,4,6-12,14-15,17-18,20H2,1-2H3,(H,38,43)(H,44,45)/t21?,23-,24-,25?,26+/m0/s1. The van der Waals surface area contributed by atoms with Gasteiger partial charge in [0.05, 0.1) is 53.5 Å². The first-order valence-corrected chi connectivity index (χ1v) is 17.4. The normalized spacial score (nSPS) is 26.0. The first kappa shape index (κ1) is 34.0. The molecule has 47 heavy (non-hydrogen) atoms. The maximum atomic E-state index is 13.9. The number of benzene rings is 1. The third kappa shape index (κ3) is 7.57. The lowest BCUT2D eigenvalue weighted by Gasteiger charge is -2.30. The summed E-state index contributed by atoms with van der Waals surface area (Å²) in [5.41, 5.74) is 3.60. The SMILES string of the molecule is CO[C@@H]1CCN([C@H]2C[C@@H](COC3CCC(C(=O)O)CC3)N(C(=O)Cc3cc(Cl)c(NC(=O)c4cn(C)c5c4C=CCC5)cc3Cl)C2)C1. The van der Waals surface area contributed by atoms with Gasteiger partial charge in [-0.2, -0.15) is 0 Å². The number of aliphatic carboxylic acids is 1. The van der Waals surface area contributed by atoms with E-state index in [0.717, 1.165) is 50.0 Å². The van der Waals surface area contributed by atoms with E-state index in [1.807, 2.05) is 28.8 Å². The van der Waals surface area contributed by atoms with Gasteiger partial charge in [0.15, 0.2) is 0 Å². The number of aryl methyl sites for hydroxylation is 1. The number of carboxylic acids is 1. The smallest absolute Gasteiger partial charge is 0.306 e. The van der Waals surface area contributed by atoms with Gasteiger partial charge in [0, 0.05) is 62.3 Å². The molecule has 1 aromatic carbocycles. The first-order chi connectivity index (χ1) is 22.6. The number of nitrogens with one attached hydrogen (secondary N) is 1. The first-order valence-electron chi connectivity index (χ1n) is 16.7. The van der Waals surface area contributed by atoms with Gasteiger partial charge in [0.25, 0.3) is 5.91 Å². The van der Waals surface area contributed by atoms with Gasteiger partial charge in [0.1, 0.15) is 0 Å². The van der Waals surface area contributed by atoms with E-state index in [1.54, 1.807) is 19.2 Å². The zero-order chi connectivity index (χ0) is 33.2. The molecule has 12 heteroatoms. The van der Waals surface area contributed by atoms with Crippen LogP contribution in [0.2, 0.25) is 10.0 Å². The van der Waals surface area contributed by atoms with Crippen LogP contribution < -0.4 is 5.32 Å². The van der Waals surface area contributed by atoms with Crippen LogP contribution in [0.5, 0.6) is 0 Å². The van der Waals surface area contributed by atoms with Crippen molar-refractivity contribution in [2.75, 3.05) is 38.7 Å². The van der Waals surface area contributed by atoms with Crippen LogP contribution in [0.3, 0.4) is 0 Å². The number of likely N-dealkylation sites (tertiary alicyclic amines) is 2. The molecule has 2 amide bonds. The minimum Gasteiger partial charge on any atom is -0.481 e. The Morgan fingerprint density at radius 1 is 1.04 bits per heavy atom. The summed E-state index contributed by atoms with van der Waals surface area (Å²) in [7, 11) is 3.68. The van der Waals surface area contributed by atoms with Crippen LogP contribution in [0.25, 0.3) is 6.08 Å². The Hall–Kier alpha value is -2.89. The van der Waals surface area contributed by atoms with E-state index in [-0.39, 0.29) is 48.4 Å². The zero-order valence-electron chi connectivity index (χ0n) is 27.1. The third-order valence-electron chi connectivity index (χ3n) is 10.4. The minimum absolute atomic E-state index is 0.000300. The minimum atomic E-state index is -0.736. The van der Waals surface area contributed by atoms with Crippen molar-refractivity contribution in [2.24, 2.45) is 13.0 Å². The molecule has 2 aromatic rings. The number of carboxylic acid groups (broad SMARTS) is 1. The molecule has 10 nitrogen and oxygen atoms in total. The van der Waals surface area contributed by atoms with Crippen molar-refractivity contribution < 1.29 is 29.0 Å². The maximum Gasteiger partial charge on any atom is 0.306 e. The summed E-state index contributed by atoms with van der Waals surface area (Å²) in [5.74, 6) is -1.37. The Balaban J connectivity index is 1.12. The fourth-order valence-corrected chi connectivity index (χ4v) is 8.14. The van der Waals surface area contributed by atoms with E-state index in [9.17, 15) is 19.5 Å².